The van der Waals surface area contributed by atoms with Crippen molar-refractivity contribution in [3.8, 4) is 0 Å². The number of hydrogen-bond acceptors (Lipinski definition) is 4. The maximum Gasteiger partial charge on any atom is 0.277 e. The topological polar surface area (TPSA) is 75.4 Å². The lowest BCUT2D eigenvalue weighted by Crippen LogP contribution is -2.45. The van der Waals surface area contributed by atoms with Gasteiger partial charge in [0.25, 0.3) is 11.8 Å². The Morgan fingerprint density at radius 3 is 2.65 bits per heavy atom. The van der Waals surface area contributed by atoms with Crippen molar-refractivity contribution in [1.82, 2.24) is 10.2 Å². The number of likely N-dealkylation sites (N-methyl/N-ethyl adjacent to an activating group) is 1. The average Bonchev–Trinajstić information content (AvgIpc) is 2.82. The number of hydrogen-bond donors (Lipinski definition) is 2. The van der Waals surface area contributed by atoms with Gasteiger partial charge in [0, 0.05) is 7.05 Å². The first-order valence-corrected chi connectivity index (χ1v) is 7.21. The molecule has 1 aromatic heterocycles. The molecule has 0 fully saturated rings. The fourth-order valence-electron chi connectivity index (χ4n) is 1.26. The third-order valence-corrected chi connectivity index (χ3v) is 3.97. The Balaban J connectivity index is 2.47. The first-order valence-electron chi connectivity index (χ1n) is 5.60. The number of carbonyl (C=O) groups is 2. The van der Waals surface area contributed by atoms with Gasteiger partial charge in [0.15, 0.2) is 0 Å². The minimum absolute atomic E-state index is 0.297. The fourth-order valence-corrected chi connectivity index (χ4v) is 2.64. The molecule has 0 radical (unpaired) electrons. The Hall–Kier alpha value is -1.06. The van der Waals surface area contributed by atoms with Gasteiger partial charge in [-0.05, 0) is 28.1 Å². The summed E-state index contributed by atoms with van der Waals surface area (Å²) in [6.45, 7) is -1.98. The molecule has 0 aliphatic rings. The minimum atomic E-state index is -3.14. The molecule has 0 aliphatic carbocycles. The summed E-state index contributed by atoms with van der Waals surface area (Å²) in [6, 6.07) is 3.33. The first kappa shape index (κ1) is 17.0. The van der Waals surface area contributed by atoms with Gasteiger partial charge >= 0.3 is 0 Å². The zero-order chi connectivity index (χ0) is 15.3. The van der Waals surface area contributed by atoms with Crippen molar-refractivity contribution in [3.63, 3.8) is 0 Å². The first-order chi connectivity index (χ1) is 9.25. The number of nitrogens with zero attached hydrogens (tertiary/aromatic N) is 1. The molecule has 0 bridgehead atoms. The molecule has 112 valence electrons. The highest BCUT2D eigenvalue weighted by atomic mass is 79.9. The molecule has 1 rings (SSSR count). The van der Waals surface area contributed by atoms with Crippen LogP contribution in [-0.2, 0) is 4.79 Å². The van der Waals surface area contributed by atoms with Gasteiger partial charge in [-0.25, -0.2) is 8.78 Å². The Morgan fingerprint density at radius 1 is 1.50 bits per heavy atom. The lowest BCUT2D eigenvalue weighted by molar-refractivity contribution is -0.123. The molecule has 9 heteroatoms. The van der Waals surface area contributed by atoms with Crippen LogP contribution in [0.25, 0.3) is 0 Å². The van der Waals surface area contributed by atoms with E-state index in [2.05, 4.69) is 15.9 Å². The number of carbonyl (C=O) groups excluding carboxylic acids is 2. The van der Waals surface area contributed by atoms with Crippen molar-refractivity contribution in [2.45, 2.75) is 5.92 Å². The van der Waals surface area contributed by atoms with Gasteiger partial charge in [0.1, 0.15) is 0 Å². The molecule has 0 aliphatic heterocycles. The van der Waals surface area contributed by atoms with Crippen LogP contribution in [0.2, 0.25) is 0 Å². The van der Waals surface area contributed by atoms with Gasteiger partial charge < -0.3 is 16.0 Å². The molecule has 0 saturated heterocycles. The van der Waals surface area contributed by atoms with Crippen LogP contribution in [0.4, 0.5) is 8.78 Å². The molecule has 1 aromatic rings. The van der Waals surface area contributed by atoms with Gasteiger partial charge in [0.05, 0.1) is 28.3 Å². The van der Waals surface area contributed by atoms with Crippen LogP contribution in [0.3, 0.4) is 0 Å². The SMILES string of the molecule is CN(CC(=O)NCC(F)(F)CN)C(=O)c1ccc(Br)s1. The Bertz CT molecular complexity index is 496. The van der Waals surface area contributed by atoms with Crippen LogP contribution in [-0.4, -0.2) is 49.3 Å². The van der Waals surface area contributed by atoms with Crippen molar-refractivity contribution in [2.24, 2.45) is 5.73 Å². The van der Waals surface area contributed by atoms with E-state index in [1.54, 1.807) is 12.1 Å². The summed E-state index contributed by atoms with van der Waals surface area (Å²) < 4.78 is 26.5. The van der Waals surface area contributed by atoms with E-state index in [1.165, 1.54) is 18.4 Å². The molecular weight excluding hydrogens is 356 g/mol. The van der Waals surface area contributed by atoms with E-state index in [0.717, 1.165) is 8.69 Å². The summed E-state index contributed by atoms with van der Waals surface area (Å²) in [6.07, 6.45) is 0. The average molecular weight is 370 g/mol. The summed E-state index contributed by atoms with van der Waals surface area (Å²) in [5.41, 5.74) is 4.85. The van der Waals surface area contributed by atoms with Crippen LogP contribution < -0.4 is 11.1 Å². The predicted molar refractivity (Wildman–Crippen MR) is 76.0 cm³/mol. The maximum absolute atomic E-state index is 12.9. The van der Waals surface area contributed by atoms with E-state index in [9.17, 15) is 18.4 Å². The van der Waals surface area contributed by atoms with Crippen molar-refractivity contribution in [1.29, 1.82) is 0 Å². The van der Waals surface area contributed by atoms with Gasteiger partial charge in [-0.1, -0.05) is 0 Å². The lowest BCUT2D eigenvalue weighted by atomic mass is 10.3. The Labute approximate surface area is 127 Å². The van der Waals surface area contributed by atoms with E-state index in [0.29, 0.717) is 4.88 Å². The summed E-state index contributed by atoms with van der Waals surface area (Å²) >= 11 is 4.46. The second-order valence-corrected chi connectivity index (χ2v) is 6.56. The van der Waals surface area contributed by atoms with Crippen molar-refractivity contribution in [2.75, 3.05) is 26.7 Å². The van der Waals surface area contributed by atoms with Crippen molar-refractivity contribution >= 4 is 39.1 Å². The van der Waals surface area contributed by atoms with E-state index in [-0.39, 0.29) is 12.5 Å². The predicted octanol–water partition coefficient (Wildman–Crippen LogP) is 1.29. The van der Waals surface area contributed by atoms with E-state index in [4.69, 9.17) is 5.73 Å². The summed E-state index contributed by atoms with van der Waals surface area (Å²) in [4.78, 5) is 25.0. The van der Waals surface area contributed by atoms with Crippen LogP contribution >= 0.6 is 27.3 Å². The third kappa shape index (κ3) is 5.14. The fraction of sp³-hybridized carbons (Fsp3) is 0.455. The molecule has 1 heterocycles. The molecule has 2 amide bonds. The largest absolute Gasteiger partial charge is 0.348 e. The molecule has 0 spiro atoms. The van der Waals surface area contributed by atoms with E-state index in [1.807, 2.05) is 5.32 Å². The van der Waals surface area contributed by atoms with Gasteiger partial charge in [-0.3, -0.25) is 9.59 Å². The molecule has 0 unspecified atom stereocenters. The summed E-state index contributed by atoms with van der Waals surface area (Å²) in [7, 11) is 1.43. The third-order valence-electron chi connectivity index (χ3n) is 2.35. The Morgan fingerprint density at radius 2 is 2.15 bits per heavy atom. The molecule has 5 nitrogen and oxygen atoms in total. The zero-order valence-electron chi connectivity index (χ0n) is 10.7. The molecule has 0 aromatic carbocycles. The summed E-state index contributed by atoms with van der Waals surface area (Å²) in [5.74, 6) is -4.15. The van der Waals surface area contributed by atoms with Gasteiger partial charge in [-0.2, -0.15) is 0 Å². The number of halogens is 3. The second kappa shape index (κ2) is 7.09. The van der Waals surface area contributed by atoms with Gasteiger partial charge in [0.2, 0.25) is 5.91 Å². The Kier molecular flexibility index (Phi) is 6.03. The quantitative estimate of drug-likeness (QED) is 0.793. The van der Waals surface area contributed by atoms with E-state index >= 15 is 0 Å². The van der Waals surface area contributed by atoms with Crippen molar-refractivity contribution < 1.29 is 18.4 Å². The molecule has 3 N–H and O–H groups in total. The number of alkyl halides is 2. The molecule has 20 heavy (non-hydrogen) atoms. The van der Waals surface area contributed by atoms with Gasteiger partial charge in [-0.15, -0.1) is 11.3 Å². The van der Waals surface area contributed by atoms with Crippen molar-refractivity contribution in [3.05, 3.63) is 20.8 Å². The highest BCUT2D eigenvalue weighted by Crippen LogP contribution is 2.22. The smallest absolute Gasteiger partial charge is 0.277 e. The van der Waals surface area contributed by atoms with Crippen LogP contribution in [0.1, 0.15) is 9.67 Å². The number of nitrogens with one attached hydrogen (secondary N) is 1. The van der Waals surface area contributed by atoms with E-state index < -0.39 is 24.9 Å². The minimum Gasteiger partial charge on any atom is -0.348 e. The summed E-state index contributed by atoms with van der Waals surface area (Å²) in [5, 5.41) is 2.05. The number of rotatable bonds is 6. The van der Waals surface area contributed by atoms with Crippen LogP contribution in [0.5, 0.6) is 0 Å². The molecule has 0 atom stereocenters. The molecular formula is C11H14BrF2N3O2S. The standard InChI is InChI=1S/C11H14BrF2N3O2S/c1-17(10(19)7-2-3-8(12)20-7)4-9(18)16-6-11(13,14)5-15/h2-3H,4-6,15H2,1H3,(H,16,18). The lowest BCUT2D eigenvalue weighted by Gasteiger charge is -2.18. The van der Waals surface area contributed by atoms with Crippen LogP contribution in [0.15, 0.2) is 15.9 Å². The monoisotopic (exact) mass is 369 g/mol. The normalized spacial score (nSPS) is 11.2. The maximum atomic E-state index is 12.9. The highest BCUT2D eigenvalue weighted by molar-refractivity contribution is 9.11. The number of amides is 2. The number of thiophene rings is 1. The molecule has 0 saturated carbocycles. The highest BCUT2D eigenvalue weighted by Gasteiger charge is 2.27. The zero-order valence-corrected chi connectivity index (χ0v) is 13.1. The second-order valence-electron chi connectivity index (χ2n) is 4.10. The van der Waals surface area contributed by atoms with Crippen LogP contribution in [0, 0.1) is 0 Å². The number of nitrogens with two attached hydrogens (primary N) is 1.